The number of hydrogen-bond donors (Lipinski definition) is 0. The van der Waals surface area contributed by atoms with Crippen molar-refractivity contribution in [1.82, 2.24) is 4.90 Å². The van der Waals surface area contributed by atoms with Crippen molar-refractivity contribution in [2.24, 2.45) is 10.9 Å². The van der Waals surface area contributed by atoms with Crippen molar-refractivity contribution in [3.63, 3.8) is 0 Å². The SMILES string of the molecule is Cc1cc2c(cc1C)N=C1C3C=CC(C3)N1C2. The Labute approximate surface area is 102 Å². The minimum Gasteiger partial charge on any atom is -0.349 e. The minimum atomic E-state index is 0.578. The van der Waals surface area contributed by atoms with Gasteiger partial charge in [0.1, 0.15) is 5.84 Å². The van der Waals surface area contributed by atoms with Crippen molar-refractivity contribution in [2.75, 3.05) is 0 Å². The zero-order chi connectivity index (χ0) is 11.6. The molecule has 2 heteroatoms. The van der Waals surface area contributed by atoms with Crippen molar-refractivity contribution in [1.29, 1.82) is 0 Å². The lowest BCUT2D eigenvalue weighted by molar-refractivity contribution is 0.377. The molecule has 2 nitrogen and oxygen atoms in total. The van der Waals surface area contributed by atoms with E-state index in [0.29, 0.717) is 12.0 Å². The predicted octanol–water partition coefficient (Wildman–Crippen LogP) is 3.11. The number of amidine groups is 1. The van der Waals surface area contributed by atoms with Crippen molar-refractivity contribution in [3.8, 4) is 0 Å². The molecule has 2 unspecified atom stereocenters. The van der Waals surface area contributed by atoms with Crippen LogP contribution in [0.1, 0.15) is 23.1 Å². The Balaban J connectivity index is 1.87. The Hall–Kier alpha value is -1.57. The van der Waals surface area contributed by atoms with Crippen LogP contribution >= 0.6 is 0 Å². The molecule has 4 rings (SSSR count). The Morgan fingerprint density at radius 1 is 1.18 bits per heavy atom. The normalized spacial score (nSPS) is 28.1. The smallest absolute Gasteiger partial charge is 0.113 e. The van der Waals surface area contributed by atoms with Crippen LogP contribution in [0.3, 0.4) is 0 Å². The van der Waals surface area contributed by atoms with Crippen LogP contribution in [0.25, 0.3) is 0 Å². The number of hydrogen-bond acceptors (Lipinski definition) is 2. The highest BCUT2D eigenvalue weighted by Crippen LogP contribution is 2.40. The average molecular weight is 224 g/mol. The third-order valence-electron chi connectivity index (χ3n) is 4.36. The van der Waals surface area contributed by atoms with Gasteiger partial charge in [-0.1, -0.05) is 18.2 Å². The summed E-state index contributed by atoms with van der Waals surface area (Å²) < 4.78 is 0. The van der Waals surface area contributed by atoms with E-state index in [1.807, 2.05) is 0 Å². The highest BCUT2D eigenvalue weighted by molar-refractivity contribution is 5.94. The van der Waals surface area contributed by atoms with Crippen LogP contribution < -0.4 is 0 Å². The summed E-state index contributed by atoms with van der Waals surface area (Å²) in [4.78, 5) is 7.36. The van der Waals surface area contributed by atoms with Gasteiger partial charge in [-0.15, -0.1) is 0 Å². The second kappa shape index (κ2) is 3.00. The number of aryl methyl sites for hydroxylation is 2. The molecule has 2 bridgehead atoms. The molecule has 1 fully saturated rings. The summed E-state index contributed by atoms with van der Waals surface area (Å²) in [6.07, 6.45) is 5.91. The van der Waals surface area contributed by atoms with Crippen molar-refractivity contribution >= 4 is 11.5 Å². The van der Waals surface area contributed by atoms with Gasteiger partial charge >= 0.3 is 0 Å². The van der Waals surface area contributed by atoms with Gasteiger partial charge in [-0.25, -0.2) is 4.99 Å². The number of fused-ring (bicyclic) bond motifs is 6. The Kier molecular flexibility index (Phi) is 1.67. The van der Waals surface area contributed by atoms with Crippen LogP contribution in [0.4, 0.5) is 5.69 Å². The van der Waals surface area contributed by atoms with E-state index in [2.05, 4.69) is 43.0 Å². The Morgan fingerprint density at radius 2 is 2.00 bits per heavy atom. The van der Waals surface area contributed by atoms with Gasteiger partial charge in [0, 0.05) is 18.5 Å². The summed E-state index contributed by atoms with van der Waals surface area (Å²) in [5.41, 5.74) is 5.31. The molecule has 1 aliphatic carbocycles. The fourth-order valence-electron chi connectivity index (χ4n) is 3.23. The summed E-state index contributed by atoms with van der Waals surface area (Å²) in [5, 5.41) is 0. The van der Waals surface area contributed by atoms with Gasteiger partial charge < -0.3 is 4.90 Å². The molecule has 1 saturated heterocycles. The van der Waals surface area contributed by atoms with E-state index in [1.54, 1.807) is 0 Å². The first-order valence-corrected chi connectivity index (χ1v) is 6.36. The van der Waals surface area contributed by atoms with Crippen LogP contribution in [0.2, 0.25) is 0 Å². The maximum atomic E-state index is 4.88. The molecule has 0 amide bonds. The summed E-state index contributed by atoms with van der Waals surface area (Å²) >= 11 is 0. The quantitative estimate of drug-likeness (QED) is 0.618. The number of rotatable bonds is 0. The first-order valence-electron chi connectivity index (χ1n) is 6.36. The van der Waals surface area contributed by atoms with Crippen LogP contribution in [-0.2, 0) is 6.54 Å². The number of nitrogens with zero attached hydrogens (tertiary/aromatic N) is 2. The molecule has 0 aromatic heterocycles. The Bertz CT molecular complexity index is 569. The molecule has 17 heavy (non-hydrogen) atoms. The van der Waals surface area contributed by atoms with Crippen LogP contribution in [0.15, 0.2) is 29.3 Å². The highest BCUT2D eigenvalue weighted by atomic mass is 15.3. The van der Waals surface area contributed by atoms with Gasteiger partial charge in [-0.05, 0) is 43.0 Å². The van der Waals surface area contributed by atoms with Crippen LogP contribution in [-0.4, -0.2) is 16.8 Å². The van der Waals surface area contributed by atoms with Crippen LogP contribution in [0.5, 0.6) is 0 Å². The van der Waals surface area contributed by atoms with Crippen LogP contribution in [0, 0.1) is 19.8 Å². The monoisotopic (exact) mass is 224 g/mol. The zero-order valence-corrected chi connectivity index (χ0v) is 10.3. The molecule has 2 heterocycles. The molecule has 3 aliphatic rings. The van der Waals surface area contributed by atoms with Gasteiger partial charge in [-0.2, -0.15) is 0 Å². The van der Waals surface area contributed by atoms with E-state index in [-0.39, 0.29) is 0 Å². The maximum Gasteiger partial charge on any atom is 0.113 e. The van der Waals surface area contributed by atoms with E-state index in [4.69, 9.17) is 4.99 Å². The fraction of sp³-hybridized carbons (Fsp3) is 0.400. The van der Waals surface area contributed by atoms with E-state index in [0.717, 1.165) is 6.54 Å². The van der Waals surface area contributed by atoms with Crippen molar-refractivity contribution in [3.05, 3.63) is 41.0 Å². The third-order valence-corrected chi connectivity index (χ3v) is 4.36. The standard InChI is InChI=1S/C15H16N2/c1-9-5-12-8-17-13-4-3-11(7-13)15(17)16-14(12)6-10(9)2/h3-6,11,13H,7-8H2,1-2H3. The molecule has 0 N–H and O–H groups in total. The molecule has 0 saturated carbocycles. The van der Waals surface area contributed by atoms with Gasteiger partial charge in [-0.3, -0.25) is 0 Å². The number of benzene rings is 1. The average Bonchev–Trinajstić information content (AvgIpc) is 2.89. The maximum absolute atomic E-state index is 4.88. The molecule has 2 atom stereocenters. The molecule has 86 valence electrons. The first-order chi connectivity index (χ1) is 8.22. The number of aliphatic imine (C=N–C) groups is 1. The fourth-order valence-corrected chi connectivity index (χ4v) is 3.23. The van der Waals surface area contributed by atoms with Crippen molar-refractivity contribution in [2.45, 2.75) is 32.9 Å². The largest absolute Gasteiger partial charge is 0.349 e. The second-order valence-corrected chi connectivity index (χ2v) is 5.46. The topological polar surface area (TPSA) is 15.6 Å². The summed E-state index contributed by atoms with van der Waals surface area (Å²) in [6.45, 7) is 5.40. The second-order valence-electron chi connectivity index (χ2n) is 5.46. The lowest BCUT2D eigenvalue weighted by Gasteiger charge is -2.31. The minimum absolute atomic E-state index is 0.578. The van der Waals surface area contributed by atoms with E-state index >= 15 is 0 Å². The van der Waals surface area contributed by atoms with Gasteiger partial charge in [0.2, 0.25) is 0 Å². The molecule has 0 radical (unpaired) electrons. The van der Waals surface area contributed by atoms with Gasteiger partial charge in [0.05, 0.1) is 5.69 Å². The lowest BCUT2D eigenvalue weighted by atomic mass is 10.0. The molecular weight excluding hydrogens is 208 g/mol. The van der Waals surface area contributed by atoms with E-state index < -0.39 is 0 Å². The molecular formula is C15H16N2. The Morgan fingerprint density at radius 3 is 2.88 bits per heavy atom. The van der Waals surface area contributed by atoms with E-state index in [9.17, 15) is 0 Å². The summed E-state index contributed by atoms with van der Waals surface area (Å²) in [6, 6.07) is 5.15. The predicted molar refractivity (Wildman–Crippen MR) is 69.6 cm³/mol. The van der Waals surface area contributed by atoms with Crippen molar-refractivity contribution < 1.29 is 0 Å². The van der Waals surface area contributed by atoms with Gasteiger partial charge in [0.25, 0.3) is 0 Å². The zero-order valence-electron chi connectivity index (χ0n) is 10.3. The third kappa shape index (κ3) is 1.18. The molecule has 1 aromatic rings. The molecule has 1 aromatic carbocycles. The highest BCUT2D eigenvalue weighted by Gasteiger charge is 2.40. The first kappa shape index (κ1) is 9.46. The van der Waals surface area contributed by atoms with Gasteiger partial charge in [0.15, 0.2) is 0 Å². The molecule has 2 aliphatic heterocycles. The summed E-state index contributed by atoms with van der Waals surface area (Å²) in [7, 11) is 0. The van der Waals surface area contributed by atoms with E-state index in [1.165, 1.54) is 34.6 Å². The lowest BCUT2D eigenvalue weighted by Crippen LogP contribution is -2.36. The summed E-state index contributed by atoms with van der Waals surface area (Å²) in [5.74, 6) is 1.88. The molecule has 0 spiro atoms.